The molecule has 0 saturated heterocycles. The van der Waals surface area contributed by atoms with Crippen molar-refractivity contribution in [2.45, 2.75) is 72.6 Å². The molecule has 0 aliphatic heterocycles. The molecule has 51 heavy (non-hydrogen) atoms. The van der Waals surface area contributed by atoms with E-state index in [-0.39, 0.29) is 35.2 Å². The number of nitrogens with zero attached hydrogens (tertiary/aromatic N) is 3. The Bertz CT molecular complexity index is 2220. The van der Waals surface area contributed by atoms with E-state index in [0.717, 1.165) is 33.4 Å². The number of nitrogens with one attached hydrogen (secondary N) is 3. The van der Waals surface area contributed by atoms with E-state index in [1.165, 1.54) is 16.8 Å². The van der Waals surface area contributed by atoms with E-state index in [1.807, 2.05) is 65.8 Å². The maximum Gasteiger partial charge on any atom is 0.338 e. The average molecular weight is 707 g/mol. The monoisotopic (exact) mass is 706 g/mol. The zero-order valence-electron chi connectivity index (χ0n) is 29.3. The van der Waals surface area contributed by atoms with E-state index >= 15 is 0 Å². The smallest absolute Gasteiger partial charge is 0.338 e. The SMILES string of the molecule is Cc1ccc(CNC(=O)c2cc(C(=O)N[C@H]3CCc4c3ccc(C(=O)OC(C)(C)C)c4C)n3ncc(C(=O)Nc4ccccc4Cl)c3n2)cc1C. The fraction of sp³-hybridized carbons (Fsp3) is 0.282. The minimum Gasteiger partial charge on any atom is -0.456 e. The number of fused-ring (bicyclic) bond motifs is 2. The van der Waals surface area contributed by atoms with Gasteiger partial charge in [0.1, 0.15) is 22.6 Å². The molecule has 0 unspecified atom stereocenters. The van der Waals surface area contributed by atoms with Crippen LogP contribution >= 0.6 is 11.6 Å². The summed E-state index contributed by atoms with van der Waals surface area (Å²) < 4.78 is 6.86. The predicted octanol–water partition coefficient (Wildman–Crippen LogP) is 6.86. The minimum absolute atomic E-state index is 0.0173. The first kappa shape index (κ1) is 35.3. The Hall–Kier alpha value is -5.55. The molecule has 262 valence electrons. The standard InChI is InChI=1S/C39H39ClN6O5/c1-21-11-12-24(17-22(21)2)19-41-36(48)32-18-33(46-34(43-32)28(20-42-46)35(47)45-31-10-8-7-9-29(31)40)37(49)44-30-16-15-25-23(3)26(13-14-27(25)30)38(50)51-39(4,5)6/h7-14,17-18,20,30H,15-16,19H2,1-6H3,(H,41,48)(H,44,49)(H,45,47)/t30-/m0/s1. The first-order valence-electron chi connectivity index (χ1n) is 16.7. The molecule has 0 saturated carbocycles. The molecule has 5 aromatic rings. The summed E-state index contributed by atoms with van der Waals surface area (Å²) in [5, 5.41) is 13.4. The van der Waals surface area contributed by atoms with Gasteiger partial charge in [-0.05, 0) is 106 Å². The minimum atomic E-state index is -0.633. The van der Waals surface area contributed by atoms with Gasteiger partial charge in [0.15, 0.2) is 5.65 Å². The van der Waals surface area contributed by atoms with Gasteiger partial charge in [0.2, 0.25) is 0 Å². The number of carbonyl (C=O) groups excluding carboxylic acids is 4. The lowest BCUT2D eigenvalue weighted by molar-refractivity contribution is 0.00682. The second-order valence-corrected chi connectivity index (χ2v) is 14.1. The number of aryl methyl sites for hydroxylation is 2. The summed E-state index contributed by atoms with van der Waals surface area (Å²) in [6.45, 7) is 11.6. The van der Waals surface area contributed by atoms with Crippen LogP contribution in [0.25, 0.3) is 5.65 Å². The number of rotatable bonds is 8. The number of hydrogen-bond donors (Lipinski definition) is 3. The molecule has 0 bridgehead atoms. The van der Waals surface area contributed by atoms with Crippen LogP contribution in [-0.2, 0) is 17.7 Å². The number of benzene rings is 3. The highest BCUT2D eigenvalue weighted by molar-refractivity contribution is 6.34. The van der Waals surface area contributed by atoms with Crippen LogP contribution in [0.3, 0.4) is 0 Å². The fourth-order valence-electron chi connectivity index (χ4n) is 6.16. The van der Waals surface area contributed by atoms with Crippen LogP contribution in [0, 0.1) is 20.8 Å². The van der Waals surface area contributed by atoms with Crippen LogP contribution in [0.1, 0.15) is 108 Å². The van der Waals surface area contributed by atoms with Crippen LogP contribution in [0.15, 0.2) is 66.9 Å². The van der Waals surface area contributed by atoms with Crippen LogP contribution in [-0.4, -0.2) is 43.9 Å². The third-order valence-electron chi connectivity index (χ3n) is 8.95. The molecule has 1 aliphatic carbocycles. The summed E-state index contributed by atoms with van der Waals surface area (Å²) >= 11 is 6.28. The summed E-state index contributed by atoms with van der Waals surface area (Å²) in [5.41, 5.74) is 6.08. The summed E-state index contributed by atoms with van der Waals surface area (Å²) in [4.78, 5) is 58.5. The van der Waals surface area contributed by atoms with Crippen LogP contribution < -0.4 is 16.0 Å². The first-order valence-corrected chi connectivity index (χ1v) is 17.0. The molecule has 3 aromatic carbocycles. The normalized spacial score (nSPS) is 13.8. The van der Waals surface area contributed by atoms with Crippen molar-refractivity contribution in [3.8, 4) is 0 Å². The van der Waals surface area contributed by atoms with E-state index in [1.54, 1.807) is 30.3 Å². The van der Waals surface area contributed by atoms with E-state index in [4.69, 9.17) is 16.3 Å². The predicted molar refractivity (Wildman–Crippen MR) is 194 cm³/mol. The zero-order chi connectivity index (χ0) is 36.6. The molecule has 1 aliphatic rings. The van der Waals surface area contributed by atoms with Crippen molar-refractivity contribution in [1.82, 2.24) is 25.2 Å². The molecule has 11 nitrogen and oxygen atoms in total. The molecule has 2 aromatic heterocycles. The summed E-state index contributed by atoms with van der Waals surface area (Å²) in [5.74, 6) is -2.00. The molecule has 3 N–H and O–H groups in total. The van der Waals surface area contributed by atoms with Crippen molar-refractivity contribution in [2.75, 3.05) is 5.32 Å². The Morgan fingerprint density at radius 2 is 1.69 bits per heavy atom. The summed E-state index contributed by atoms with van der Waals surface area (Å²) in [6, 6.07) is 17.3. The van der Waals surface area contributed by atoms with Crippen molar-refractivity contribution in [1.29, 1.82) is 0 Å². The number of aromatic nitrogens is 3. The Kier molecular flexibility index (Phi) is 9.68. The number of hydrogen-bond acceptors (Lipinski definition) is 7. The van der Waals surface area contributed by atoms with Gasteiger partial charge in [-0.15, -0.1) is 0 Å². The first-order chi connectivity index (χ1) is 24.2. The Morgan fingerprint density at radius 1 is 0.922 bits per heavy atom. The van der Waals surface area contributed by atoms with E-state index in [0.29, 0.717) is 29.1 Å². The second-order valence-electron chi connectivity index (χ2n) is 13.7. The molecule has 0 fully saturated rings. The molecule has 1 atom stereocenters. The number of amides is 3. The number of halogens is 1. The lowest BCUT2D eigenvalue weighted by Crippen LogP contribution is -2.31. The van der Waals surface area contributed by atoms with Crippen LogP contribution in [0.5, 0.6) is 0 Å². The lowest BCUT2D eigenvalue weighted by atomic mass is 9.97. The lowest BCUT2D eigenvalue weighted by Gasteiger charge is -2.21. The van der Waals surface area contributed by atoms with Gasteiger partial charge < -0.3 is 20.7 Å². The molecule has 0 spiro atoms. The summed E-state index contributed by atoms with van der Waals surface area (Å²) in [7, 11) is 0. The largest absolute Gasteiger partial charge is 0.456 e. The van der Waals surface area contributed by atoms with E-state index < -0.39 is 29.3 Å². The van der Waals surface area contributed by atoms with Crippen LogP contribution in [0.4, 0.5) is 5.69 Å². The van der Waals surface area contributed by atoms with E-state index in [2.05, 4.69) is 26.0 Å². The molecular formula is C39H39ClN6O5. The van der Waals surface area contributed by atoms with Crippen molar-refractivity contribution >= 4 is 46.6 Å². The van der Waals surface area contributed by atoms with Gasteiger partial charge in [-0.1, -0.05) is 48.0 Å². The van der Waals surface area contributed by atoms with Gasteiger partial charge in [0.05, 0.1) is 28.5 Å². The van der Waals surface area contributed by atoms with Gasteiger partial charge in [-0.3, -0.25) is 14.4 Å². The van der Waals surface area contributed by atoms with Gasteiger partial charge >= 0.3 is 5.97 Å². The molecule has 6 rings (SSSR count). The molecular weight excluding hydrogens is 668 g/mol. The third-order valence-corrected chi connectivity index (χ3v) is 9.27. The Labute approximate surface area is 300 Å². The van der Waals surface area contributed by atoms with Crippen molar-refractivity contribution < 1.29 is 23.9 Å². The second kappa shape index (κ2) is 14.0. The van der Waals surface area contributed by atoms with E-state index in [9.17, 15) is 19.2 Å². The highest BCUT2D eigenvalue weighted by Gasteiger charge is 2.31. The van der Waals surface area contributed by atoms with Crippen molar-refractivity contribution in [3.05, 3.63) is 128 Å². The van der Waals surface area contributed by atoms with Gasteiger partial charge in [0.25, 0.3) is 17.7 Å². The summed E-state index contributed by atoms with van der Waals surface area (Å²) in [6.07, 6.45) is 2.55. The topological polar surface area (TPSA) is 144 Å². The number of para-hydroxylation sites is 1. The quantitative estimate of drug-likeness (QED) is 0.150. The average Bonchev–Trinajstić information content (AvgIpc) is 3.70. The third kappa shape index (κ3) is 7.48. The number of ether oxygens (including phenoxy) is 1. The molecule has 12 heteroatoms. The van der Waals surface area contributed by atoms with Gasteiger partial charge in [-0.2, -0.15) is 5.10 Å². The maximum absolute atomic E-state index is 14.1. The Balaban J connectivity index is 1.32. The van der Waals surface area contributed by atoms with Crippen molar-refractivity contribution in [2.24, 2.45) is 0 Å². The van der Waals surface area contributed by atoms with Gasteiger partial charge in [0, 0.05) is 12.6 Å². The maximum atomic E-state index is 14.1. The zero-order valence-corrected chi connectivity index (χ0v) is 30.1. The highest BCUT2D eigenvalue weighted by atomic mass is 35.5. The molecule has 2 heterocycles. The number of carbonyl (C=O) groups is 4. The van der Waals surface area contributed by atoms with Crippen LogP contribution in [0.2, 0.25) is 5.02 Å². The Morgan fingerprint density at radius 3 is 2.41 bits per heavy atom. The highest BCUT2D eigenvalue weighted by Crippen LogP contribution is 2.35. The fourth-order valence-corrected chi connectivity index (χ4v) is 6.34. The molecule has 3 amide bonds. The number of anilines is 1. The molecule has 0 radical (unpaired) electrons. The van der Waals surface area contributed by atoms with Crippen molar-refractivity contribution in [3.63, 3.8) is 0 Å². The number of esters is 1. The van der Waals surface area contributed by atoms with Gasteiger partial charge in [-0.25, -0.2) is 14.3 Å².